The predicted molar refractivity (Wildman–Crippen MR) is 68.2 cm³/mol. The lowest BCUT2D eigenvalue weighted by atomic mass is 10.1. The van der Waals surface area contributed by atoms with Gasteiger partial charge in [0.2, 0.25) is 0 Å². The van der Waals surface area contributed by atoms with E-state index in [1.54, 1.807) is 13.0 Å². The van der Waals surface area contributed by atoms with Crippen LogP contribution in [0, 0.1) is 5.82 Å². The molecule has 100 valence electrons. The van der Waals surface area contributed by atoms with Crippen molar-refractivity contribution in [1.82, 2.24) is 9.55 Å². The van der Waals surface area contributed by atoms with Crippen LogP contribution in [0.5, 0.6) is 0 Å². The topological polar surface area (TPSA) is 44.1 Å². The second kappa shape index (κ2) is 4.05. The molecule has 0 saturated heterocycles. The molecule has 0 spiro atoms. The summed E-state index contributed by atoms with van der Waals surface area (Å²) in [7, 11) is 1.85. The highest BCUT2D eigenvalue weighted by molar-refractivity contribution is 5.87. The lowest BCUT2D eigenvalue weighted by Crippen LogP contribution is -2.26. The minimum absolute atomic E-state index is 0.228. The van der Waals surface area contributed by atoms with E-state index >= 15 is 0 Å². The number of rotatable bonds is 3. The Hall–Kier alpha value is -1.91. The molecule has 0 N–H and O–H groups in total. The largest absolute Gasteiger partial charge is 0.465 e. The summed E-state index contributed by atoms with van der Waals surface area (Å²) >= 11 is 0. The van der Waals surface area contributed by atoms with E-state index in [1.807, 2.05) is 11.6 Å². The number of nitrogens with zero attached hydrogens (tertiary/aromatic N) is 2. The zero-order valence-corrected chi connectivity index (χ0v) is 10.9. The summed E-state index contributed by atoms with van der Waals surface area (Å²) in [5.41, 5.74) is 0.778. The third-order valence-corrected chi connectivity index (χ3v) is 3.69. The third kappa shape index (κ3) is 1.72. The summed E-state index contributed by atoms with van der Waals surface area (Å²) in [5, 5.41) is 0. The molecule has 0 atom stereocenters. The van der Waals surface area contributed by atoms with Crippen molar-refractivity contribution in [3.05, 3.63) is 29.8 Å². The van der Waals surface area contributed by atoms with Gasteiger partial charge in [-0.3, -0.25) is 4.79 Å². The quantitative estimate of drug-likeness (QED) is 0.797. The lowest BCUT2D eigenvalue weighted by molar-refractivity contribution is -0.146. The van der Waals surface area contributed by atoms with Gasteiger partial charge < -0.3 is 9.30 Å². The second-order valence-electron chi connectivity index (χ2n) is 4.93. The number of fused-ring (bicyclic) bond motifs is 1. The van der Waals surface area contributed by atoms with Crippen LogP contribution in [0.1, 0.15) is 25.6 Å². The molecule has 1 saturated carbocycles. The first-order valence-electron chi connectivity index (χ1n) is 6.38. The Bertz CT molecular complexity index is 659. The van der Waals surface area contributed by atoms with Gasteiger partial charge in [-0.25, -0.2) is 9.37 Å². The number of aromatic nitrogens is 2. The van der Waals surface area contributed by atoms with Crippen LogP contribution in [-0.2, 0) is 22.0 Å². The Morgan fingerprint density at radius 3 is 2.89 bits per heavy atom. The van der Waals surface area contributed by atoms with Gasteiger partial charge in [-0.1, -0.05) is 0 Å². The monoisotopic (exact) mass is 262 g/mol. The molecule has 1 aliphatic carbocycles. The van der Waals surface area contributed by atoms with Crippen LogP contribution >= 0.6 is 0 Å². The Morgan fingerprint density at radius 2 is 2.26 bits per heavy atom. The molecule has 4 nitrogen and oxygen atoms in total. The van der Waals surface area contributed by atoms with Crippen molar-refractivity contribution in [3.8, 4) is 0 Å². The number of aryl methyl sites for hydroxylation is 1. The Labute approximate surface area is 110 Å². The van der Waals surface area contributed by atoms with E-state index in [-0.39, 0.29) is 11.8 Å². The van der Waals surface area contributed by atoms with Crippen LogP contribution < -0.4 is 0 Å². The van der Waals surface area contributed by atoms with E-state index < -0.39 is 5.41 Å². The molecule has 1 fully saturated rings. The second-order valence-corrected chi connectivity index (χ2v) is 4.93. The predicted octanol–water partition coefficient (Wildman–Crippen LogP) is 2.31. The minimum atomic E-state index is -0.625. The van der Waals surface area contributed by atoms with Gasteiger partial charge in [-0.05, 0) is 31.9 Å². The number of esters is 1. The first kappa shape index (κ1) is 12.1. The molecule has 19 heavy (non-hydrogen) atoms. The number of carbonyl (C=O) groups is 1. The molecule has 1 heterocycles. The van der Waals surface area contributed by atoms with E-state index in [1.165, 1.54) is 12.1 Å². The SMILES string of the molecule is CCOC(=O)C1(c2nc3cc(F)ccc3n2C)CC1. The van der Waals surface area contributed by atoms with E-state index in [0.717, 1.165) is 18.4 Å². The van der Waals surface area contributed by atoms with Crippen molar-refractivity contribution in [1.29, 1.82) is 0 Å². The molecule has 0 unspecified atom stereocenters. The van der Waals surface area contributed by atoms with Gasteiger partial charge in [0.25, 0.3) is 0 Å². The van der Waals surface area contributed by atoms with Crippen molar-refractivity contribution < 1.29 is 13.9 Å². The lowest BCUT2D eigenvalue weighted by Gasteiger charge is -2.13. The van der Waals surface area contributed by atoms with Crippen molar-refractivity contribution in [2.45, 2.75) is 25.2 Å². The third-order valence-electron chi connectivity index (χ3n) is 3.69. The molecule has 0 bridgehead atoms. The summed E-state index contributed by atoms with van der Waals surface area (Å²) in [6.45, 7) is 2.15. The summed E-state index contributed by atoms with van der Waals surface area (Å²) in [6, 6.07) is 4.47. The van der Waals surface area contributed by atoms with Crippen LogP contribution in [0.15, 0.2) is 18.2 Å². The molecule has 1 aliphatic rings. The Kier molecular flexibility index (Phi) is 2.59. The molecular formula is C14H15FN2O2. The van der Waals surface area contributed by atoms with E-state index in [0.29, 0.717) is 17.9 Å². The molecule has 3 rings (SSSR count). The summed E-state index contributed by atoms with van der Waals surface area (Å²) < 4.78 is 20.2. The zero-order valence-electron chi connectivity index (χ0n) is 10.9. The van der Waals surface area contributed by atoms with Crippen LogP contribution in [0.25, 0.3) is 11.0 Å². The molecule has 0 aliphatic heterocycles. The van der Waals surface area contributed by atoms with Crippen molar-refractivity contribution in [2.75, 3.05) is 6.61 Å². The molecule has 0 radical (unpaired) electrons. The molecular weight excluding hydrogens is 247 g/mol. The number of carbonyl (C=O) groups excluding carboxylic acids is 1. The smallest absolute Gasteiger partial charge is 0.319 e. The van der Waals surface area contributed by atoms with Gasteiger partial charge in [0, 0.05) is 13.1 Å². The summed E-state index contributed by atoms with van der Waals surface area (Å²) in [5.74, 6) is 0.124. The molecule has 0 amide bonds. The average molecular weight is 262 g/mol. The fourth-order valence-corrected chi connectivity index (χ4v) is 2.51. The maximum absolute atomic E-state index is 13.2. The van der Waals surface area contributed by atoms with Crippen molar-refractivity contribution in [3.63, 3.8) is 0 Å². The standard InChI is InChI=1S/C14H15FN2O2/c1-3-19-13(18)14(6-7-14)12-16-10-8-9(15)4-5-11(10)17(12)2/h4-5,8H,3,6-7H2,1-2H3. The van der Waals surface area contributed by atoms with Gasteiger partial charge in [-0.15, -0.1) is 0 Å². The Morgan fingerprint density at radius 1 is 1.53 bits per heavy atom. The zero-order chi connectivity index (χ0) is 13.6. The highest BCUT2D eigenvalue weighted by Crippen LogP contribution is 2.49. The summed E-state index contributed by atoms with van der Waals surface area (Å²) in [6.07, 6.45) is 1.48. The fourth-order valence-electron chi connectivity index (χ4n) is 2.51. The summed E-state index contributed by atoms with van der Waals surface area (Å²) in [4.78, 5) is 16.5. The minimum Gasteiger partial charge on any atom is -0.465 e. The molecule has 1 aromatic heterocycles. The van der Waals surface area contributed by atoms with Crippen LogP contribution in [0.3, 0.4) is 0 Å². The van der Waals surface area contributed by atoms with Gasteiger partial charge >= 0.3 is 5.97 Å². The maximum Gasteiger partial charge on any atom is 0.319 e. The van der Waals surface area contributed by atoms with E-state index in [9.17, 15) is 9.18 Å². The van der Waals surface area contributed by atoms with Gasteiger partial charge in [0.05, 0.1) is 17.6 Å². The number of hydrogen-bond donors (Lipinski definition) is 0. The molecule has 1 aromatic carbocycles. The molecule has 2 aromatic rings. The Balaban J connectivity index is 2.11. The number of imidazole rings is 1. The van der Waals surface area contributed by atoms with Crippen molar-refractivity contribution in [2.24, 2.45) is 7.05 Å². The molecule has 5 heteroatoms. The first-order valence-corrected chi connectivity index (χ1v) is 6.38. The van der Waals surface area contributed by atoms with Gasteiger partial charge in [0.1, 0.15) is 17.1 Å². The highest BCUT2D eigenvalue weighted by Gasteiger charge is 2.56. The van der Waals surface area contributed by atoms with E-state index in [4.69, 9.17) is 4.74 Å². The number of hydrogen-bond acceptors (Lipinski definition) is 3. The first-order chi connectivity index (χ1) is 9.08. The van der Waals surface area contributed by atoms with Crippen molar-refractivity contribution >= 4 is 17.0 Å². The maximum atomic E-state index is 13.2. The number of ether oxygens (including phenoxy) is 1. The fraction of sp³-hybridized carbons (Fsp3) is 0.429. The van der Waals surface area contributed by atoms with Gasteiger partial charge in [-0.2, -0.15) is 0 Å². The number of halogens is 1. The van der Waals surface area contributed by atoms with E-state index in [2.05, 4.69) is 4.98 Å². The van der Waals surface area contributed by atoms with Gasteiger partial charge in [0.15, 0.2) is 0 Å². The van der Waals surface area contributed by atoms with Crippen LogP contribution in [0.4, 0.5) is 4.39 Å². The average Bonchev–Trinajstić information content (AvgIpc) is 3.11. The van der Waals surface area contributed by atoms with Crippen LogP contribution in [0.2, 0.25) is 0 Å². The normalized spacial score (nSPS) is 16.6. The highest BCUT2D eigenvalue weighted by atomic mass is 19.1. The number of benzene rings is 1. The van der Waals surface area contributed by atoms with Crippen LogP contribution in [-0.4, -0.2) is 22.1 Å².